The monoisotopic (exact) mass is 511 g/mol. The molecule has 0 radical (unpaired) electrons. The Morgan fingerprint density at radius 3 is 2.47 bits per heavy atom. The molecule has 1 unspecified atom stereocenters. The molecule has 1 saturated heterocycles. The average molecular weight is 512 g/mol. The fourth-order valence-corrected chi connectivity index (χ4v) is 5.71. The second-order valence-electron chi connectivity index (χ2n) is 8.96. The van der Waals surface area contributed by atoms with E-state index in [9.17, 15) is 22.4 Å². The number of hydrogen-bond acceptors (Lipinski definition) is 5. The Balaban J connectivity index is 1.83. The van der Waals surface area contributed by atoms with Crippen molar-refractivity contribution < 1.29 is 26.8 Å². The van der Waals surface area contributed by atoms with E-state index in [1.54, 1.807) is 0 Å². The number of rotatable bonds is 6. The van der Waals surface area contributed by atoms with Gasteiger partial charge in [0.2, 0.25) is 5.91 Å². The minimum absolute atomic E-state index is 0.0338. The number of pyridine rings is 1. The number of likely N-dealkylation sites (tertiary alicyclic amines) is 1. The molecule has 0 bridgehead atoms. The van der Waals surface area contributed by atoms with Crippen molar-refractivity contribution in [1.82, 2.24) is 9.88 Å². The summed E-state index contributed by atoms with van der Waals surface area (Å²) in [5.41, 5.74) is 4.38. The molecule has 2 aliphatic rings. The molecule has 7 nitrogen and oxygen atoms in total. The first-order valence-corrected chi connectivity index (χ1v) is 13.2. The van der Waals surface area contributed by atoms with Gasteiger partial charge in [0.1, 0.15) is 17.2 Å². The average Bonchev–Trinajstić information content (AvgIpc) is 3.61. The highest BCUT2D eigenvalue weighted by Gasteiger charge is 2.57. The van der Waals surface area contributed by atoms with Crippen LogP contribution < -0.4 is 5.73 Å². The number of piperidine rings is 1. The standard InChI is InChI=1S/C23H24ClF2N3O4S/c1-34(32,33)19-7-6-14(12-28-19)21(30)29-9-3-2-8-23(29,22(27)31)20(13-4-5-13)15-10-18(26)16(24)11-17(15)25/h6-7,10-13,20H,2-5,8-9H2,1H3,(H2,27,31)/t20-,23?/m1/s1. The smallest absolute Gasteiger partial charge is 0.256 e. The maximum Gasteiger partial charge on any atom is 0.256 e. The number of nitrogens with two attached hydrogens (primary N) is 1. The molecule has 2 heterocycles. The number of benzene rings is 1. The van der Waals surface area contributed by atoms with Gasteiger partial charge < -0.3 is 10.6 Å². The maximum absolute atomic E-state index is 15.1. The molecule has 1 aromatic carbocycles. The van der Waals surface area contributed by atoms with Crippen molar-refractivity contribution in [2.75, 3.05) is 12.8 Å². The van der Waals surface area contributed by atoms with Gasteiger partial charge in [-0.2, -0.15) is 0 Å². The lowest BCUT2D eigenvalue weighted by molar-refractivity contribution is -0.133. The molecular weight excluding hydrogens is 488 g/mol. The molecule has 2 atom stereocenters. The molecule has 1 aliphatic heterocycles. The van der Waals surface area contributed by atoms with Crippen LogP contribution in [-0.4, -0.2) is 48.5 Å². The normalized spacial score (nSPS) is 21.8. The van der Waals surface area contributed by atoms with E-state index >= 15 is 4.39 Å². The molecule has 1 aromatic heterocycles. The lowest BCUT2D eigenvalue weighted by Gasteiger charge is -2.50. The quantitative estimate of drug-likeness (QED) is 0.597. The van der Waals surface area contributed by atoms with E-state index in [2.05, 4.69) is 4.98 Å². The Kier molecular flexibility index (Phi) is 6.41. The van der Waals surface area contributed by atoms with Gasteiger partial charge in [0, 0.05) is 24.9 Å². The lowest BCUT2D eigenvalue weighted by Crippen LogP contribution is -2.65. The lowest BCUT2D eigenvalue weighted by atomic mass is 9.69. The molecule has 1 saturated carbocycles. The van der Waals surface area contributed by atoms with Crippen molar-refractivity contribution in [2.45, 2.75) is 48.6 Å². The van der Waals surface area contributed by atoms with Crippen LogP contribution in [0.1, 0.15) is 53.9 Å². The van der Waals surface area contributed by atoms with Crippen molar-refractivity contribution in [2.24, 2.45) is 11.7 Å². The first kappa shape index (κ1) is 24.5. The van der Waals surface area contributed by atoms with Crippen LogP contribution >= 0.6 is 11.6 Å². The second kappa shape index (κ2) is 8.88. The van der Waals surface area contributed by atoms with Crippen LogP contribution in [0, 0.1) is 17.6 Å². The van der Waals surface area contributed by atoms with Gasteiger partial charge in [0.05, 0.1) is 10.6 Å². The zero-order valence-electron chi connectivity index (χ0n) is 18.4. The number of hydrogen-bond donors (Lipinski definition) is 1. The fourth-order valence-electron chi connectivity index (χ4n) is 5.00. The molecule has 1 aliphatic carbocycles. The van der Waals surface area contributed by atoms with E-state index in [1.165, 1.54) is 17.0 Å². The third-order valence-electron chi connectivity index (χ3n) is 6.69. The number of carbonyl (C=O) groups excluding carboxylic acids is 2. The Labute approximate surface area is 201 Å². The van der Waals surface area contributed by atoms with E-state index in [1.807, 2.05) is 0 Å². The van der Waals surface area contributed by atoms with Crippen molar-refractivity contribution in [3.63, 3.8) is 0 Å². The largest absolute Gasteiger partial charge is 0.368 e. The number of amides is 2. The van der Waals surface area contributed by atoms with E-state index in [0.29, 0.717) is 25.7 Å². The van der Waals surface area contributed by atoms with Crippen molar-refractivity contribution in [3.8, 4) is 0 Å². The van der Waals surface area contributed by atoms with Crippen LogP contribution in [0.2, 0.25) is 5.02 Å². The summed E-state index contributed by atoms with van der Waals surface area (Å²) in [4.78, 5) is 31.9. The number of primary amides is 1. The minimum atomic E-state index is -3.57. The van der Waals surface area contributed by atoms with Crippen LogP contribution in [0.15, 0.2) is 35.5 Å². The summed E-state index contributed by atoms with van der Waals surface area (Å²) in [6.45, 7) is 0.177. The number of halogens is 3. The zero-order valence-corrected chi connectivity index (χ0v) is 20.0. The van der Waals surface area contributed by atoms with Crippen molar-refractivity contribution >= 4 is 33.3 Å². The molecule has 11 heteroatoms. The van der Waals surface area contributed by atoms with Crippen LogP contribution in [0.25, 0.3) is 0 Å². The van der Waals surface area contributed by atoms with Gasteiger partial charge in [-0.25, -0.2) is 22.2 Å². The molecule has 2 fully saturated rings. The SMILES string of the molecule is CS(=O)(=O)c1ccc(C(=O)N2CCCCC2(C(N)=O)[C@@H](c2cc(F)c(Cl)cc2F)C2CC2)cn1. The van der Waals surface area contributed by atoms with E-state index < -0.39 is 44.7 Å². The van der Waals surface area contributed by atoms with Gasteiger partial charge in [0.15, 0.2) is 14.9 Å². The van der Waals surface area contributed by atoms with Crippen LogP contribution in [0.4, 0.5) is 8.78 Å². The second-order valence-corrected chi connectivity index (χ2v) is 11.3. The van der Waals surface area contributed by atoms with Crippen LogP contribution in [0.3, 0.4) is 0 Å². The summed E-state index contributed by atoms with van der Waals surface area (Å²) in [6, 6.07) is 4.40. The first-order valence-electron chi connectivity index (χ1n) is 10.9. The summed E-state index contributed by atoms with van der Waals surface area (Å²) < 4.78 is 52.9. The van der Waals surface area contributed by atoms with Gasteiger partial charge in [-0.3, -0.25) is 9.59 Å². The maximum atomic E-state index is 15.1. The highest BCUT2D eigenvalue weighted by atomic mass is 35.5. The third kappa shape index (κ3) is 4.29. The molecule has 0 spiro atoms. The van der Waals surface area contributed by atoms with Gasteiger partial charge in [-0.05, 0) is 67.9 Å². The first-order chi connectivity index (χ1) is 16.0. The van der Waals surface area contributed by atoms with E-state index in [-0.39, 0.29) is 40.1 Å². The molecule has 2 aromatic rings. The predicted octanol–water partition coefficient (Wildman–Crippen LogP) is 3.46. The zero-order chi connectivity index (χ0) is 24.8. The Bertz CT molecular complexity index is 1250. The molecule has 2 amide bonds. The molecular formula is C23H24ClF2N3O4S. The van der Waals surface area contributed by atoms with Gasteiger partial charge in [-0.1, -0.05) is 11.6 Å². The van der Waals surface area contributed by atoms with E-state index in [0.717, 1.165) is 24.6 Å². The highest BCUT2D eigenvalue weighted by molar-refractivity contribution is 7.90. The number of nitrogens with zero attached hydrogens (tertiary/aromatic N) is 2. The predicted molar refractivity (Wildman–Crippen MR) is 121 cm³/mol. The summed E-state index contributed by atoms with van der Waals surface area (Å²) in [5, 5.41) is -0.573. The summed E-state index contributed by atoms with van der Waals surface area (Å²) in [6.07, 6.45) is 4.83. The fraction of sp³-hybridized carbons (Fsp3) is 0.435. The van der Waals surface area contributed by atoms with Crippen molar-refractivity contribution in [3.05, 3.63) is 58.2 Å². The molecule has 2 N–H and O–H groups in total. The van der Waals surface area contributed by atoms with Gasteiger partial charge in [-0.15, -0.1) is 0 Å². The van der Waals surface area contributed by atoms with Crippen LogP contribution in [-0.2, 0) is 14.6 Å². The summed E-state index contributed by atoms with van der Waals surface area (Å²) >= 11 is 5.75. The van der Waals surface area contributed by atoms with Crippen molar-refractivity contribution in [1.29, 1.82) is 0 Å². The summed E-state index contributed by atoms with van der Waals surface area (Å²) in [5.74, 6) is -3.98. The van der Waals surface area contributed by atoms with E-state index in [4.69, 9.17) is 17.3 Å². The number of aromatic nitrogens is 1. The Hall–Kier alpha value is -2.59. The Morgan fingerprint density at radius 1 is 1.21 bits per heavy atom. The van der Waals surface area contributed by atoms with Gasteiger partial charge in [0.25, 0.3) is 5.91 Å². The molecule has 182 valence electrons. The topological polar surface area (TPSA) is 110 Å². The number of carbonyl (C=O) groups is 2. The van der Waals surface area contributed by atoms with Gasteiger partial charge >= 0.3 is 0 Å². The molecule has 34 heavy (non-hydrogen) atoms. The third-order valence-corrected chi connectivity index (χ3v) is 7.98. The Morgan fingerprint density at radius 2 is 1.91 bits per heavy atom. The summed E-state index contributed by atoms with van der Waals surface area (Å²) in [7, 11) is -3.57. The minimum Gasteiger partial charge on any atom is -0.368 e. The number of sulfone groups is 1. The van der Waals surface area contributed by atoms with Crippen LogP contribution in [0.5, 0.6) is 0 Å². The highest BCUT2D eigenvalue weighted by Crippen LogP contribution is 2.54. The molecule has 4 rings (SSSR count).